The Kier molecular flexibility index (Phi) is 11.3. The van der Waals surface area contributed by atoms with Crippen LogP contribution >= 0.6 is 0 Å². The summed E-state index contributed by atoms with van der Waals surface area (Å²) < 4.78 is 0. The fourth-order valence-electron chi connectivity index (χ4n) is 3.00. The molecule has 0 bridgehead atoms. The van der Waals surface area contributed by atoms with E-state index in [1.807, 2.05) is 12.1 Å². The molecule has 0 spiro atoms. The van der Waals surface area contributed by atoms with E-state index < -0.39 is 11.9 Å². The van der Waals surface area contributed by atoms with Crippen LogP contribution in [0.1, 0.15) is 69.5 Å². The Morgan fingerprint density at radius 2 is 1.69 bits per heavy atom. The second-order valence-corrected chi connectivity index (χ2v) is 6.73. The molecule has 0 aromatic heterocycles. The van der Waals surface area contributed by atoms with Gasteiger partial charge < -0.3 is 15.7 Å². The minimum absolute atomic E-state index is 0.268. The second-order valence-electron chi connectivity index (χ2n) is 6.73. The van der Waals surface area contributed by atoms with Crippen LogP contribution < -0.4 is 10.6 Å². The lowest BCUT2D eigenvalue weighted by molar-refractivity contribution is -0.142. The minimum Gasteiger partial charge on any atom is -0.481 e. The fourth-order valence-corrected chi connectivity index (χ4v) is 3.00. The molecule has 26 heavy (non-hydrogen) atoms. The van der Waals surface area contributed by atoms with Crippen molar-refractivity contribution in [3.05, 3.63) is 35.4 Å². The van der Waals surface area contributed by atoms with Gasteiger partial charge in [-0.2, -0.15) is 5.26 Å². The van der Waals surface area contributed by atoms with Crippen molar-refractivity contribution in [2.24, 2.45) is 5.92 Å². The first-order valence-electron chi connectivity index (χ1n) is 9.81. The van der Waals surface area contributed by atoms with E-state index in [9.17, 15) is 9.90 Å². The molecule has 0 saturated carbocycles. The van der Waals surface area contributed by atoms with Crippen molar-refractivity contribution in [3.8, 4) is 6.07 Å². The predicted molar refractivity (Wildman–Crippen MR) is 105 cm³/mol. The average molecular weight is 360 g/mol. The maximum atomic E-state index is 11.9. The molecule has 144 valence electrons. The highest BCUT2D eigenvalue weighted by Gasteiger charge is 2.28. The SMILES string of the molecule is CCCCCNCC(C(=O)O)C(NCCCCC)c1ccc(C#N)cc1. The number of aliphatic carboxylic acids is 1. The minimum atomic E-state index is -0.801. The Hall–Kier alpha value is -1.90. The summed E-state index contributed by atoms with van der Waals surface area (Å²) in [6.07, 6.45) is 6.65. The van der Waals surface area contributed by atoms with Crippen LogP contribution in [-0.2, 0) is 4.79 Å². The van der Waals surface area contributed by atoms with Gasteiger partial charge in [0.05, 0.1) is 17.6 Å². The summed E-state index contributed by atoms with van der Waals surface area (Å²) in [5.74, 6) is -1.35. The summed E-state index contributed by atoms with van der Waals surface area (Å²) in [5, 5.41) is 25.5. The third-order valence-electron chi connectivity index (χ3n) is 4.58. The molecule has 5 nitrogen and oxygen atoms in total. The van der Waals surface area contributed by atoms with Gasteiger partial charge in [0.25, 0.3) is 0 Å². The number of nitrogens with zero attached hydrogens (tertiary/aromatic N) is 1. The number of rotatable bonds is 14. The predicted octanol–water partition coefficient (Wildman–Crippen LogP) is 3.86. The lowest BCUT2D eigenvalue weighted by atomic mass is 9.92. The van der Waals surface area contributed by atoms with E-state index in [0.717, 1.165) is 57.2 Å². The Bertz CT molecular complexity index is 551. The number of nitrogens with one attached hydrogen (secondary N) is 2. The number of benzene rings is 1. The average Bonchev–Trinajstić information content (AvgIpc) is 2.65. The van der Waals surface area contributed by atoms with Gasteiger partial charge in [-0.1, -0.05) is 51.7 Å². The van der Waals surface area contributed by atoms with E-state index in [2.05, 4.69) is 30.6 Å². The van der Waals surface area contributed by atoms with Gasteiger partial charge in [-0.3, -0.25) is 4.79 Å². The van der Waals surface area contributed by atoms with E-state index in [-0.39, 0.29) is 6.04 Å². The summed E-state index contributed by atoms with van der Waals surface area (Å²) in [6, 6.07) is 9.08. The summed E-state index contributed by atoms with van der Waals surface area (Å²) in [4.78, 5) is 11.9. The van der Waals surface area contributed by atoms with E-state index >= 15 is 0 Å². The van der Waals surface area contributed by atoms with Gasteiger partial charge in [-0.25, -0.2) is 0 Å². The second kappa shape index (κ2) is 13.3. The smallest absolute Gasteiger partial charge is 0.309 e. The third-order valence-corrected chi connectivity index (χ3v) is 4.58. The molecule has 2 atom stereocenters. The summed E-state index contributed by atoms with van der Waals surface area (Å²) in [5.41, 5.74) is 1.51. The van der Waals surface area contributed by atoms with E-state index in [1.165, 1.54) is 0 Å². The number of carbonyl (C=O) groups is 1. The quantitative estimate of drug-likeness (QED) is 0.439. The molecule has 5 heteroatoms. The lowest BCUT2D eigenvalue weighted by Crippen LogP contribution is -2.40. The highest BCUT2D eigenvalue weighted by atomic mass is 16.4. The van der Waals surface area contributed by atoms with Crippen LogP contribution in [0.5, 0.6) is 0 Å². The van der Waals surface area contributed by atoms with Crippen LogP contribution in [0.3, 0.4) is 0 Å². The molecule has 0 amide bonds. The zero-order valence-corrected chi connectivity index (χ0v) is 16.1. The Balaban J connectivity index is 2.82. The highest BCUT2D eigenvalue weighted by molar-refractivity contribution is 5.71. The van der Waals surface area contributed by atoms with Crippen molar-refractivity contribution in [2.75, 3.05) is 19.6 Å². The first kappa shape index (κ1) is 22.1. The van der Waals surface area contributed by atoms with Crippen LogP contribution in [0.2, 0.25) is 0 Å². The van der Waals surface area contributed by atoms with Gasteiger partial charge >= 0.3 is 5.97 Å². The normalized spacial score (nSPS) is 13.1. The van der Waals surface area contributed by atoms with E-state index in [4.69, 9.17) is 5.26 Å². The first-order valence-corrected chi connectivity index (χ1v) is 9.81. The van der Waals surface area contributed by atoms with Crippen LogP contribution in [0.25, 0.3) is 0 Å². The van der Waals surface area contributed by atoms with Crippen LogP contribution in [0, 0.1) is 17.2 Å². The molecular formula is C21H33N3O2. The molecule has 3 N–H and O–H groups in total. The van der Waals surface area contributed by atoms with Crippen LogP contribution in [0.15, 0.2) is 24.3 Å². The molecular weight excluding hydrogens is 326 g/mol. The van der Waals surface area contributed by atoms with Gasteiger partial charge in [0.15, 0.2) is 0 Å². The number of hydrogen-bond acceptors (Lipinski definition) is 4. The van der Waals surface area contributed by atoms with Crippen molar-refractivity contribution in [1.29, 1.82) is 5.26 Å². The van der Waals surface area contributed by atoms with Gasteiger partial charge in [-0.15, -0.1) is 0 Å². The molecule has 0 saturated heterocycles. The van der Waals surface area contributed by atoms with Crippen molar-refractivity contribution < 1.29 is 9.90 Å². The zero-order chi connectivity index (χ0) is 19.2. The van der Waals surface area contributed by atoms with E-state index in [0.29, 0.717) is 12.1 Å². The molecule has 0 radical (unpaired) electrons. The highest BCUT2D eigenvalue weighted by Crippen LogP contribution is 2.23. The Morgan fingerprint density at radius 1 is 1.08 bits per heavy atom. The molecule has 2 unspecified atom stereocenters. The number of carboxylic acid groups (broad SMARTS) is 1. The molecule has 1 aromatic rings. The number of unbranched alkanes of at least 4 members (excludes halogenated alkanes) is 4. The largest absolute Gasteiger partial charge is 0.481 e. The van der Waals surface area contributed by atoms with E-state index in [1.54, 1.807) is 12.1 Å². The standard InChI is InChI=1S/C21H33N3O2/c1-3-5-7-13-23-16-19(21(25)26)20(24-14-8-6-4-2)18-11-9-17(15-22)10-12-18/h9-12,19-20,23-24H,3-8,13-14,16H2,1-2H3,(H,25,26). The zero-order valence-electron chi connectivity index (χ0n) is 16.1. The van der Waals surface area contributed by atoms with Crippen LogP contribution in [-0.4, -0.2) is 30.7 Å². The lowest BCUT2D eigenvalue weighted by Gasteiger charge is -2.26. The monoisotopic (exact) mass is 359 g/mol. The molecule has 0 fully saturated rings. The van der Waals surface area contributed by atoms with Gasteiger partial charge in [0.2, 0.25) is 0 Å². The van der Waals surface area contributed by atoms with Gasteiger partial charge in [-0.05, 0) is 43.6 Å². The summed E-state index contributed by atoms with van der Waals surface area (Å²) in [6.45, 7) is 6.37. The van der Waals surface area contributed by atoms with Crippen molar-refractivity contribution in [1.82, 2.24) is 10.6 Å². The van der Waals surface area contributed by atoms with Crippen molar-refractivity contribution in [3.63, 3.8) is 0 Å². The first-order chi connectivity index (χ1) is 12.6. The molecule has 0 aliphatic heterocycles. The molecule has 1 aromatic carbocycles. The molecule has 1 rings (SSSR count). The summed E-state index contributed by atoms with van der Waals surface area (Å²) >= 11 is 0. The maximum Gasteiger partial charge on any atom is 0.309 e. The maximum absolute atomic E-state index is 11.9. The Labute approximate surface area is 157 Å². The summed E-state index contributed by atoms with van der Waals surface area (Å²) in [7, 11) is 0. The number of nitriles is 1. The molecule has 0 aliphatic rings. The van der Waals surface area contributed by atoms with Gasteiger partial charge in [0, 0.05) is 12.6 Å². The third kappa shape index (κ3) is 7.99. The molecule has 0 aliphatic carbocycles. The topological polar surface area (TPSA) is 85.2 Å². The van der Waals surface area contributed by atoms with Crippen molar-refractivity contribution in [2.45, 2.75) is 58.4 Å². The van der Waals surface area contributed by atoms with Crippen molar-refractivity contribution >= 4 is 5.97 Å². The van der Waals surface area contributed by atoms with Gasteiger partial charge in [0.1, 0.15) is 0 Å². The van der Waals surface area contributed by atoms with Crippen LogP contribution in [0.4, 0.5) is 0 Å². The number of hydrogen-bond donors (Lipinski definition) is 3. The molecule has 0 heterocycles. The number of carboxylic acids is 1. The fraction of sp³-hybridized carbons (Fsp3) is 0.619. The Morgan fingerprint density at radius 3 is 2.23 bits per heavy atom.